The number of carboxylic acids is 1. The van der Waals surface area contributed by atoms with Crippen molar-refractivity contribution in [3.63, 3.8) is 0 Å². The number of anilines is 1. The third kappa shape index (κ3) is 4.37. The molecule has 0 spiro atoms. The molecule has 1 fully saturated rings. The maximum Gasteiger partial charge on any atom is 0.337 e. The maximum absolute atomic E-state index is 12.1. The Balaban J connectivity index is 2.10. The van der Waals surface area contributed by atoms with Gasteiger partial charge in [-0.1, -0.05) is 25.7 Å². The average molecular weight is 321 g/mol. The molecule has 2 N–H and O–H groups in total. The molecule has 0 radical (unpaired) electrons. The van der Waals surface area contributed by atoms with E-state index in [1.54, 1.807) is 0 Å². The number of hydrogen-bond acceptors (Lipinski definition) is 4. The first-order valence-electron chi connectivity index (χ1n) is 7.84. The van der Waals surface area contributed by atoms with Crippen LogP contribution in [0.2, 0.25) is 0 Å². The van der Waals surface area contributed by atoms with Crippen LogP contribution in [-0.4, -0.2) is 31.2 Å². The molecule has 0 unspecified atom stereocenters. The fraction of sp³-hybridized carbons (Fsp3) is 0.529. The van der Waals surface area contributed by atoms with Gasteiger partial charge in [0.05, 0.1) is 25.5 Å². The van der Waals surface area contributed by atoms with Crippen LogP contribution in [0.5, 0.6) is 11.5 Å². The van der Waals surface area contributed by atoms with Gasteiger partial charge in [0.15, 0.2) is 11.5 Å². The van der Waals surface area contributed by atoms with Gasteiger partial charge in [0, 0.05) is 18.6 Å². The molecule has 1 aromatic carbocycles. The summed E-state index contributed by atoms with van der Waals surface area (Å²) in [6.45, 7) is 0. The number of carbonyl (C=O) groups excluding carboxylic acids is 1. The molecule has 0 heterocycles. The quantitative estimate of drug-likeness (QED) is 0.805. The van der Waals surface area contributed by atoms with Crippen molar-refractivity contribution in [1.82, 2.24) is 0 Å². The predicted octanol–water partition coefficient (Wildman–Crippen LogP) is 3.31. The lowest BCUT2D eigenvalue weighted by atomic mass is 10.0. The molecule has 0 aromatic heterocycles. The Morgan fingerprint density at radius 2 is 1.78 bits per heavy atom. The normalized spacial score (nSPS) is 14.5. The SMILES string of the molecule is COc1cc(NC(=O)CCC2CCCC2)c(C(=O)O)cc1OC. The Bertz CT molecular complexity index is 579. The number of benzene rings is 1. The minimum atomic E-state index is -1.13. The highest BCUT2D eigenvalue weighted by Crippen LogP contribution is 2.34. The topological polar surface area (TPSA) is 84.9 Å². The van der Waals surface area contributed by atoms with E-state index in [1.807, 2.05) is 0 Å². The Morgan fingerprint density at radius 3 is 2.35 bits per heavy atom. The molecule has 6 heteroatoms. The fourth-order valence-corrected chi connectivity index (χ4v) is 3.01. The van der Waals surface area contributed by atoms with E-state index in [2.05, 4.69) is 5.32 Å². The van der Waals surface area contributed by atoms with Crippen molar-refractivity contribution in [2.24, 2.45) is 5.92 Å². The molecule has 1 saturated carbocycles. The summed E-state index contributed by atoms with van der Waals surface area (Å²) in [4.78, 5) is 23.5. The molecular weight excluding hydrogens is 298 g/mol. The highest BCUT2D eigenvalue weighted by atomic mass is 16.5. The number of amides is 1. The lowest BCUT2D eigenvalue weighted by molar-refractivity contribution is -0.116. The van der Waals surface area contributed by atoms with E-state index >= 15 is 0 Å². The third-order valence-corrected chi connectivity index (χ3v) is 4.28. The van der Waals surface area contributed by atoms with Crippen molar-refractivity contribution in [3.05, 3.63) is 17.7 Å². The van der Waals surface area contributed by atoms with Gasteiger partial charge in [-0.3, -0.25) is 4.79 Å². The second-order valence-corrected chi connectivity index (χ2v) is 5.80. The van der Waals surface area contributed by atoms with E-state index in [-0.39, 0.29) is 17.2 Å². The fourth-order valence-electron chi connectivity index (χ4n) is 3.01. The van der Waals surface area contributed by atoms with Crippen molar-refractivity contribution in [2.75, 3.05) is 19.5 Å². The summed E-state index contributed by atoms with van der Waals surface area (Å²) in [7, 11) is 2.90. The van der Waals surface area contributed by atoms with E-state index < -0.39 is 5.97 Å². The molecule has 0 bridgehead atoms. The molecule has 23 heavy (non-hydrogen) atoms. The van der Waals surface area contributed by atoms with Crippen LogP contribution < -0.4 is 14.8 Å². The summed E-state index contributed by atoms with van der Waals surface area (Å²) in [5.74, 6) is 0.00575. The van der Waals surface area contributed by atoms with Crippen LogP contribution in [0.15, 0.2) is 12.1 Å². The monoisotopic (exact) mass is 321 g/mol. The van der Waals surface area contributed by atoms with Gasteiger partial charge >= 0.3 is 5.97 Å². The largest absolute Gasteiger partial charge is 0.493 e. The molecule has 0 aliphatic heterocycles. The Kier molecular flexibility index (Phi) is 5.84. The summed E-state index contributed by atoms with van der Waals surface area (Å²) in [6.07, 6.45) is 6.10. The number of rotatable bonds is 7. The van der Waals surface area contributed by atoms with E-state index in [0.29, 0.717) is 23.8 Å². The van der Waals surface area contributed by atoms with E-state index in [1.165, 1.54) is 52.0 Å². The third-order valence-electron chi connectivity index (χ3n) is 4.28. The Morgan fingerprint density at radius 1 is 1.17 bits per heavy atom. The summed E-state index contributed by atoms with van der Waals surface area (Å²) in [5, 5.41) is 12.0. The molecular formula is C17H23NO5. The first-order valence-corrected chi connectivity index (χ1v) is 7.84. The van der Waals surface area contributed by atoms with E-state index in [4.69, 9.17) is 9.47 Å². The molecule has 0 saturated heterocycles. The van der Waals surface area contributed by atoms with Gasteiger partial charge in [-0.05, 0) is 12.3 Å². The molecule has 126 valence electrons. The Labute approximate surface area is 135 Å². The zero-order valence-electron chi connectivity index (χ0n) is 13.6. The van der Waals surface area contributed by atoms with Crippen molar-refractivity contribution in [2.45, 2.75) is 38.5 Å². The van der Waals surface area contributed by atoms with Gasteiger partial charge in [0.2, 0.25) is 5.91 Å². The standard InChI is InChI=1S/C17H23NO5/c1-22-14-9-12(17(20)21)13(10-15(14)23-2)18-16(19)8-7-11-5-3-4-6-11/h9-11H,3-8H2,1-2H3,(H,18,19)(H,20,21). The zero-order valence-corrected chi connectivity index (χ0v) is 13.6. The summed E-state index contributed by atoms with van der Waals surface area (Å²) in [5.41, 5.74) is 0.212. The van der Waals surface area contributed by atoms with Crippen molar-refractivity contribution in [3.8, 4) is 11.5 Å². The van der Waals surface area contributed by atoms with Gasteiger partial charge in [-0.25, -0.2) is 4.79 Å². The average Bonchev–Trinajstić information content (AvgIpc) is 3.05. The number of ether oxygens (including phenoxy) is 2. The second kappa shape index (κ2) is 7.85. The van der Waals surface area contributed by atoms with Crippen LogP contribution in [-0.2, 0) is 4.79 Å². The van der Waals surface area contributed by atoms with Gasteiger partial charge in [-0.2, -0.15) is 0 Å². The highest BCUT2D eigenvalue weighted by molar-refractivity contribution is 6.01. The molecule has 1 aliphatic rings. The van der Waals surface area contributed by atoms with Crippen molar-refractivity contribution < 1.29 is 24.2 Å². The van der Waals surface area contributed by atoms with E-state index in [0.717, 1.165) is 6.42 Å². The first-order chi connectivity index (χ1) is 11.0. The van der Waals surface area contributed by atoms with Gasteiger partial charge in [0.1, 0.15) is 0 Å². The lowest BCUT2D eigenvalue weighted by Crippen LogP contribution is -2.15. The highest BCUT2D eigenvalue weighted by Gasteiger charge is 2.19. The summed E-state index contributed by atoms with van der Waals surface area (Å²) in [6, 6.07) is 2.84. The van der Waals surface area contributed by atoms with Crippen LogP contribution in [0.4, 0.5) is 5.69 Å². The number of carboxylic acid groups (broad SMARTS) is 1. The predicted molar refractivity (Wildman–Crippen MR) is 86.3 cm³/mol. The van der Waals surface area contributed by atoms with Gasteiger partial charge in [-0.15, -0.1) is 0 Å². The number of methoxy groups -OCH3 is 2. The molecule has 1 amide bonds. The van der Waals surface area contributed by atoms with Crippen LogP contribution in [0.1, 0.15) is 48.9 Å². The number of carbonyl (C=O) groups is 2. The van der Waals surface area contributed by atoms with Gasteiger partial charge in [0.25, 0.3) is 0 Å². The van der Waals surface area contributed by atoms with Crippen molar-refractivity contribution >= 4 is 17.6 Å². The smallest absolute Gasteiger partial charge is 0.337 e. The molecule has 0 atom stereocenters. The van der Waals surface area contributed by atoms with Crippen LogP contribution in [0.25, 0.3) is 0 Å². The minimum absolute atomic E-state index is 0.0168. The first kappa shape index (κ1) is 17.1. The number of hydrogen-bond donors (Lipinski definition) is 2. The number of nitrogens with one attached hydrogen (secondary N) is 1. The summed E-state index contributed by atoms with van der Waals surface area (Å²) >= 11 is 0. The minimum Gasteiger partial charge on any atom is -0.493 e. The number of aromatic carboxylic acids is 1. The molecule has 6 nitrogen and oxygen atoms in total. The maximum atomic E-state index is 12.1. The van der Waals surface area contributed by atoms with Crippen LogP contribution >= 0.6 is 0 Å². The lowest BCUT2D eigenvalue weighted by Gasteiger charge is -2.14. The zero-order chi connectivity index (χ0) is 16.8. The van der Waals surface area contributed by atoms with Crippen LogP contribution in [0, 0.1) is 5.92 Å². The van der Waals surface area contributed by atoms with E-state index in [9.17, 15) is 14.7 Å². The van der Waals surface area contributed by atoms with Crippen molar-refractivity contribution in [1.29, 1.82) is 0 Å². The van der Waals surface area contributed by atoms with Gasteiger partial charge < -0.3 is 19.9 Å². The molecule has 2 rings (SSSR count). The molecule has 1 aliphatic carbocycles. The summed E-state index contributed by atoms with van der Waals surface area (Å²) < 4.78 is 10.3. The second-order valence-electron chi connectivity index (χ2n) is 5.80. The Hall–Kier alpha value is -2.24. The molecule has 1 aromatic rings. The van der Waals surface area contributed by atoms with Crippen LogP contribution in [0.3, 0.4) is 0 Å².